The molecular weight excluding hydrogens is 270 g/mol. The molecule has 1 unspecified atom stereocenters. The van der Waals surface area contributed by atoms with Crippen LogP contribution in [0.3, 0.4) is 0 Å². The first-order valence-electron chi connectivity index (χ1n) is 6.95. The third kappa shape index (κ3) is 4.84. The van der Waals surface area contributed by atoms with E-state index in [1.807, 2.05) is 0 Å². The molecule has 0 aromatic heterocycles. The Bertz CT molecular complexity index is 437. The Morgan fingerprint density at radius 2 is 1.90 bits per heavy atom. The Kier molecular flexibility index (Phi) is 7.10. The fourth-order valence-electron chi connectivity index (χ4n) is 2.55. The lowest BCUT2D eigenvalue weighted by molar-refractivity contribution is -0.137. The van der Waals surface area contributed by atoms with Gasteiger partial charge in [-0.05, 0) is 44.0 Å². The first-order chi connectivity index (χ1) is 9.49. The van der Waals surface area contributed by atoms with E-state index in [2.05, 4.69) is 49.9 Å². The summed E-state index contributed by atoms with van der Waals surface area (Å²) in [6.45, 7) is 9.46. The second-order valence-corrected chi connectivity index (χ2v) is 6.04. The van der Waals surface area contributed by atoms with Crippen LogP contribution in [0.15, 0.2) is 12.1 Å². The molecule has 0 bridgehead atoms. The van der Waals surface area contributed by atoms with E-state index >= 15 is 0 Å². The van der Waals surface area contributed by atoms with Crippen molar-refractivity contribution in [2.75, 3.05) is 25.2 Å². The molecule has 1 atom stereocenters. The van der Waals surface area contributed by atoms with Crippen LogP contribution >= 0.6 is 11.8 Å². The van der Waals surface area contributed by atoms with E-state index in [0.29, 0.717) is 5.75 Å². The Labute approximate surface area is 126 Å². The number of carbonyl (C=O) groups excluding carboxylic acids is 1. The Morgan fingerprint density at radius 3 is 2.40 bits per heavy atom. The van der Waals surface area contributed by atoms with E-state index < -0.39 is 0 Å². The summed E-state index contributed by atoms with van der Waals surface area (Å²) >= 11 is 1.61. The molecule has 20 heavy (non-hydrogen) atoms. The predicted octanol–water partition coefficient (Wildman–Crippen LogP) is 3.17. The molecule has 0 aliphatic heterocycles. The Balaban J connectivity index is 2.83. The summed E-state index contributed by atoms with van der Waals surface area (Å²) in [5, 5.41) is 3.52. The Hall–Kier alpha value is -1.00. The zero-order valence-corrected chi connectivity index (χ0v) is 13.9. The first-order valence-corrected chi connectivity index (χ1v) is 8.10. The lowest BCUT2D eigenvalue weighted by Crippen LogP contribution is -2.25. The fraction of sp³-hybridized carbons (Fsp3) is 0.562. The van der Waals surface area contributed by atoms with Gasteiger partial charge in [0.25, 0.3) is 0 Å². The molecule has 3 nitrogen and oxygen atoms in total. The summed E-state index contributed by atoms with van der Waals surface area (Å²) in [5.74, 6) is 1.11. The van der Waals surface area contributed by atoms with Gasteiger partial charge in [-0.1, -0.05) is 24.6 Å². The number of hydrogen-bond donors (Lipinski definition) is 1. The van der Waals surface area contributed by atoms with Crippen LogP contribution in [0, 0.1) is 20.8 Å². The van der Waals surface area contributed by atoms with Crippen LogP contribution in [0.5, 0.6) is 0 Å². The molecule has 4 heteroatoms. The van der Waals surface area contributed by atoms with Crippen molar-refractivity contribution >= 4 is 17.7 Å². The zero-order chi connectivity index (χ0) is 15.1. The molecule has 0 spiro atoms. The highest BCUT2D eigenvalue weighted by Crippen LogP contribution is 2.26. The molecule has 1 rings (SSSR count). The predicted molar refractivity (Wildman–Crippen MR) is 86.4 cm³/mol. The van der Waals surface area contributed by atoms with Gasteiger partial charge in [-0.25, -0.2) is 0 Å². The third-order valence-corrected chi connectivity index (χ3v) is 4.28. The average Bonchev–Trinajstić information content (AvgIpc) is 2.37. The summed E-state index contributed by atoms with van der Waals surface area (Å²) in [4.78, 5) is 11.2. The third-order valence-electron chi connectivity index (χ3n) is 3.27. The van der Waals surface area contributed by atoms with E-state index in [4.69, 9.17) is 0 Å². The van der Waals surface area contributed by atoms with Crippen LogP contribution in [0.2, 0.25) is 0 Å². The van der Waals surface area contributed by atoms with Gasteiger partial charge in [0, 0.05) is 11.8 Å². The maximum absolute atomic E-state index is 11.2. The van der Waals surface area contributed by atoms with Gasteiger partial charge in [0.05, 0.1) is 12.9 Å². The number of benzene rings is 1. The van der Waals surface area contributed by atoms with Crippen LogP contribution < -0.4 is 5.32 Å². The number of hydrogen-bond acceptors (Lipinski definition) is 4. The van der Waals surface area contributed by atoms with Gasteiger partial charge in [0.15, 0.2) is 0 Å². The first kappa shape index (κ1) is 17.1. The summed E-state index contributed by atoms with van der Waals surface area (Å²) in [6, 6.07) is 4.71. The van der Waals surface area contributed by atoms with Crippen molar-refractivity contribution in [2.24, 2.45) is 0 Å². The van der Waals surface area contributed by atoms with E-state index in [1.54, 1.807) is 11.8 Å². The molecule has 0 radical (unpaired) electrons. The molecule has 0 aliphatic rings. The topological polar surface area (TPSA) is 38.3 Å². The summed E-state index contributed by atoms with van der Waals surface area (Å²) in [5.41, 5.74) is 5.27. The summed E-state index contributed by atoms with van der Waals surface area (Å²) < 4.78 is 4.68. The molecule has 0 fully saturated rings. The van der Waals surface area contributed by atoms with E-state index in [0.717, 1.165) is 12.3 Å². The lowest BCUT2D eigenvalue weighted by atomic mass is 9.95. The van der Waals surface area contributed by atoms with Crippen LogP contribution in [0.4, 0.5) is 0 Å². The van der Waals surface area contributed by atoms with Crippen molar-refractivity contribution in [1.29, 1.82) is 0 Å². The van der Waals surface area contributed by atoms with Crippen LogP contribution in [0.1, 0.15) is 35.2 Å². The number of ether oxygens (including phenoxy) is 1. The van der Waals surface area contributed by atoms with Gasteiger partial charge in [-0.15, -0.1) is 11.8 Å². The minimum Gasteiger partial charge on any atom is -0.468 e. The SMILES string of the molecule is CCNC(CSCC(=O)OC)c1c(C)cc(C)cc1C. The van der Waals surface area contributed by atoms with Crippen molar-refractivity contribution in [1.82, 2.24) is 5.32 Å². The molecule has 1 aromatic rings. The molecule has 0 saturated carbocycles. The van der Waals surface area contributed by atoms with Crippen LogP contribution in [0.25, 0.3) is 0 Å². The molecule has 0 heterocycles. The molecule has 0 saturated heterocycles. The monoisotopic (exact) mass is 295 g/mol. The maximum atomic E-state index is 11.2. The number of esters is 1. The van der Waals surface area contributed by atoms with Crippen molar-refractivity contribution in [3.05, 3.63) is 34.4 Å². The standard InChI is InChI=1S/C16H25NO2S/c1-6-17-14(9-20-10-15(18)19-5)16-12(3)7-11(2)8-13(16)4/h7-8,14,17H,6,9-10H2,1-5H3. The smallest absolute Gasteiger partial charge is 0.315 e. The minimum absolute atomic E-state index is 0.164. The lowest BCUT2D eigenvalue weighted by Gasteiger charge is -2.22. The normalized spacial score (nSPS) is 12.2. The van der Waals surface area contributed by atoms with Crippen molar-refractivity contribution in [3.8, 4) is 0 Å². The van der Waals surface area contributed by atoms with Gasteiger partial charge >= 0.3 is 5.97 Å². The van der Waals surface area contributed by atoms with Gasteiger partial charge < -0.3 is 10.1 Å². The molecule has 0 aliphatic carbocycles. The number of nitrogens with one attached hydrogen (secondary N) is 1. The van der Waals surface area contributed by atoms with E-state index in [-0.39, 0.29) is 12.0 Å². The quantitative estimate of drug-likeness (QED) is 0.784. The van der Waals surface area contributed by atoms with Gasteiger partial charge in [-0.2, -0.15) is 0 Å². The molecule has 1 aromatic carbocycles. The van der Waals surface area contributed by atoms with Crippen molar-refractivity contribution in [2.45, 2.75) is 33.7 Å². The number of carbonyl (C=O) groups is 1. The van der Waals surface area contributed by atoms with Gasteiger partial charge in [0.2, 0.25) is 0 Å². The molecule has 0 amide bonds. The number of aryl methyl sites for hydroxylation is 3. The van der Waals surface area contributed by atoms with Crippen molar-refractivity contribution in [3.63, 3.8) is 0 Å². The molecule has 112 valence electrons. The summed E-state index contributed by atoms with van der Waals surface area (Å²) in [7, 11) is 1.43. The van der Waals surface area contributed by atoms with Gasteiger partial charge in [0.1, 0.15) is 0 Å². The van der Waals surface area contributed by atoms with Crippen molar-refractivity contribution < 1.29 is 9.53 Å². The fourth-order valence-corrected chi connectivity index (χ4v) is 3.47. The molecular formula is C16H25NO2S. The number of methoxy groups -OCH3 is 1. The highest BCUT2D eigenvalue weighted by atomic mass is 32.2. The van der Waals surface area contributed by atoms with Gasteiger partial charge in [-0.3, -0.25) is 4.79 Å². The van der Waals surface area contributed by atoms with Crippen LogP contribution in [-0.4, -0.2) is 31.1 Å². The molecule has 1 N–H and O–H groups in total. The summed E-state index contributed by atoms with van der Waals surface area (Å²) in [6.07, 6.45) is 0. The highest BCUT2D eigenvalue weighted by molar-refractivity contribution is 7.99. The zero-order valence-electron chi connectivity index (χ0n) is 13.1. The number of rotatable bonds is 7. The maximum Gasteiger partial charge on any atom is 0.315 e. The Morgan fingerprint density at radius 1 is 1.30 bits per heavy atom. The minimum atomic E-state index is -0.164. The van der Waals surface area contributed by atoms with E-state index in [1.165, 1.54) is 29.4 Å². The number of thioether (sulfide) groups is 1. The second kappa shape index (κ2) is 8.32. The average molecular weight is 295 g/mol. The van der Waals surface area contributed by atoms with Crippen LogP contribution in [-0.2, 0) is 9.53 Å². The largest absolute Gasteiger partial charge is 0.468 e. The van der Waals surface area contributed by atoms with E-state index in [9.17, 15) is 4.79 Å². The highest BCUT2D eigenvalue weighted by Gasteiger charge is 2.16. The second-order valence-electron chi connectivity index (χ2n) is 5.01.